The SMILES string of the molecule is Cc1cc([N+](=O)[O-])c(Cl)cc1NCc1cc(F)ccc1Br. The summed E-state index contributed by atoms with van der Waals surface area (Å²) in [5.74, 6) is -0.326. The first-order valence-electron chi connectivity index (χ1n) is 6.01. The molecule has 2 aromatic rings. The smallest absolute Gasteiger partial charge is 0.288 e. The van der Waals surface area contributed by atoms with Gasteiger partial charge in [-0.05, 0) is 42.3 Å². The van der Waals surface area contributed by atoms with Crippen LogP contribution in [0.5, 0.6) is 0 Å². The first kappa shape index (κ1) is 15.7. The van der Waals surface area contributed by atoms with E-state index in [-0.39, 0.29) is 16.5 Å². The molecule has 0 aliphatic heterocycles. The van der Waals surface area contributed by atoms with Gasteiger partial charge in [0.1, 0.15) is 10.8 Å². The van der Waals surface area contributed by atoms with Crippen LogP contribution in [-0.4, -0.2) is 4.92 Å². The molecular formula is C14H11BrClFN2O2. The fourth-order valence-electron chi connectivity index (χ4n) is 1.87. The van der Waals surface area contributed by atoms with Crippen molar-refractivity contribution in [1.29, 1.82) is 0 Å². The van der Waals surface area contributed by atoms with Crippen molar-refractivity contribution in [2.24, 2.45) is 0 Å². The van der Waals surface area contributed by atoms with E-state index in [4.69, 9.17) is 11.6 Å². The van der Waals surface area contributed by atoms with Gasteiger partial charge in [-0.3, -0.25) is 10.1 Å². The van der Waals surface area contributed by atoms with Gasteiger partial charge in [-0.15, -0.1) is 0 Å². The van der Waals surface area contributed by atoms with Gasteiger partial charge in [-0.25, -0.2) is 4.39 Å². The van der Waals surface area contributed by atoms with Gasteiger partial charge in [0.25, 0.3) is 5.69 Å². The summed E-state index contributed by atoms with van der Waals surface area (Å²) in [5, 5.41) is 14.0. The molecule has 0 atom stereocenters. The van der Waals surface area contributed by atoms with Crippen molar-refractivity contribution in [3.63, 3.8) is 0 Å². The standard InChI is InChI=1S/C14H11BrClFN2O2/c1-8-4-14(19(20)21)12(16)6-13(8)18-7-9-5-10(17)2-3-11(9)15/h2-6,18H,7H2,1H3. The van der Waals surface area contributed by atoms with Crippen LogP contribution in [-0.2, 0) is 6.54 Å². The highest BCUT2D eigenvalue weighted by atomic mass is 79.9. The third-order valence-electron chi connectivity index (χ3n) is 2.97. The molecule has 0 fully saturated rings. The number of nitro groups is 1. The van der Waals surface area contributed by atoms with Gasteiger partial charge < -0.3 is 5.32 Å². The Morgan fingerprint density at radius 3 is 2.76 bits per heavy atom. The second-order valence-corrected chi connectivity index (χ2v) is 5.73. The molecule has 0 heterocycles. The topological polar surface area (TPSA) is 55.2 Å². The van der Waals surface area contributed by atoms with Crippen molar-refractivity contribution >= 4 is 38.9 Å². The van der Waals surface area contributed by atoms with E-state index in [1.54, 1.807) is 13.0 Å². The van der Waals surface area contributed by atoms with E-state index >= 15 is 0 Å². The highest BCUT2D eigenvalue weighted by molar-refractivity contribution is 9.10. The van der Waals surface area contributed by atoms with Crippen molar-refractivity contribution in [2.75, 3.05) is 5.32 Å². The summed E-state index contributed by atoms with van der Waals surface area (Å²) in [6.45, 7) is 2.11. The molecule has 0 bridgehead atoms. The number of anilines is 1. The number of benzene rings is 2. The van der Waals surface area contributed by atoms with Crippen LogP contribution in [0.3, 0.4) is 0 Å². The molecule has 110 valence electrons. The van der Waals surface area contributed by atoms with E-state index in [0.29, 0.717) is 17.8 Å². The van der Waals surface area contributed by atoms with Gasteiger partial charge in [-0.1, -0.05) is 27.5 Å². The molecule has 0 aliphatic carbocycles. The first-order chi connectivity index (χ1) is 9.88. The number of rotatable bonds is 4. The van der Waals surface area contributed by atoms with Gasteiger partial charge in [0.2, 0.25) is 0 Å². The number of nitro benzene ring substituents is 1. The summed E-state index contributed by atoms with van der Waals surface area (Å²) in [5.41, 5.74) is 1.97. The number of nitrogens with one attached hydrogen (secondary N) is 1. The Bertz CT molecular complexity index is 710. The first-order valence-corrected chi connectivity index (χ1v) is 7.18. The molecule has 2 aromatic carbocycles. The Morgan fingerprint density at radius 1 is 1.38 bits per heavy atom. The summed E-state index contributed by atoms with van der Waals surface area (Å²) in [7, 11) is 0. The molecule has 0 radical (unpaired) electrons. The third kappa shape index (κ3) is 3.71. The van der Waals surface area contributed by atoms with Crippen molar-refractivity contribution in [3.05, 3.63) is 66.9 Å². The summed E-state index contributed by atoms with van der Waals surface area (Å²) in [6.07, 6.45) is 0. The van der Waals surface area contributed by atoms with E-state index in [1.807, 2.05) is 0 Å². The van der Waals surface area contributed by atoms with Crippen LogP contribution in [0.1, 0.15) is 11.1 Å². The maximum atomic E-state index is 13.2. The van der Waals surface area contributed by atoms with Crippen LogP contribution in [0.4, 0.5) is 15.8 Å². The summed E-state index contributed by atoms with van der Waals surface area (Å²) >= 11 is 9.23. The van der Waals surface area contributed by atoms with Crippen LogP contribution in [0.15, 0.2) is 34.8 Å². The highest BCUT2D eigenvalue weighted by Gasteiger charge is 2.15. The Hall–Kier alpha value is -1.66. The molecule has 0 saturated carbocycles. The maximum Gasteiger partial charge on any atom is 0.288 e. The molecule has 4 nitrogen and oxygen atoms in total. The lowest BCUT2D eigenvalue weighted by Gasteiger charge is -2.11. The van der Waals surface area contributed by atoms with Gasteiger partial charge in [-0.2, -0.15) is 0 Å². The zero-order valence-electron chi connectivity index (χ0n) is 11.0. The molecule has 2 rings (SSSR count). The molecule has 0 aromatic heterocycles. The Labute approximate surface area is 134 Å². The molecule has 21 heavy (non-hydrogen) atoms. The largest absolute Gasteiger partial charge is 0.381 e. The van der Waals surface area contributed by atoms with Crippen LogP contribution in [0.2, 0.25) is 5.02 Å². The van der Waals surface area contributed by atoms with Gasteiger partial charge >= 0.3 is 0 Å². The lowest BCUT2D eigenvalue weighted by molar-refractivity contribution is -0.384. The van der Waals surface area contributed by atoms with Crippen LogP contribution in [0.25, 0.3) is 0 Å². The minimum absolute atomic E-state index is 0.0615. The van der Waals surface area contributed by atoms with E-state index in [9.17, 15) is 14.5 Å². The molecule has 0 aliphatic rings. The van der Waals surface area contributed by atoms with Crippen molar-refractivity contribution in [3.8, 4) is 0 Å². The summed E-state index contributed by atoms with van der Waals surface area (Å²) in [4.78, 5) is 10.3. The molecular weight excluding hydrogens is 363 g/mol. The van der Waals surface area contributed by atoms with Gasteiger partial charge in [0.05, 0.1) is 4.92 Å². The number of hydrogen-bond acceptors (Lipinski definition) is 3. The number of halogens is 3. The normalized spacial score (nSPS) is 10.5. The zero-order valence-corrected chi connectivity index (χ0v) is 13.3. The minimum Gasteiger partial charge on any atom is -0.381 e. The van der Waals surface area contributed by atoms with Crippen molar-refractivity contribution in [2.45, 2.75) is 13.5 Å². The Balaban J connectivity index is 2.22. The van der Waals surface area contributed by atoms with Crippen molar-refractivity contribution in [1.82, 2.24) is 0 Å². The lowest BCUT2D eigenvalue weighted by atomic mass is 10.1. The number of aryl methyl sites for hydroxylation is 1. The Morgan fingerprint density at radius 2 is 2.10 bits per heavy atom. The minimum atomic E-state index is -0.526. The highest BCUT2D eigenvalue weighted by Crippen LogP contribution is 2.31. The van der Waals surface area contributed by atoms with E-state index in [2.05, 4.69) is 21.2 Å². The van der Waals surface area contributed by atoms with Crippen molar-refractivity contribution < 1.29 is 9.31 Å². The van der Waals surface area contributed by atoms with E-state index < -0.39 is 4.92 Å². The second kappa shape index (κ2) is 6.41. The van der Waals surface area contributed by atoms with E-state index in [1.165, 1.54) is 24.3 Å². The second-order valence-electron chi connectivity index (χ2n) is 4.46. The fraction of sp³-hybridized carbons (Fsp3) is 0.143. The quantitative estimate of drug-likeness (QED) is 0.601. The average molecular weight is 374 g/mol. The lowest BCUT2D eigenvalue weighted by Crippen LogP contribution is -2.03. The monoisotopic (exact) mass is 372 g/mol. The summed E-state index contributed by atoms with van der Waals surface area (Å²) in [6, 6.07) is 7.32. The zero-order chi connectivity index (χ0) is 15.6. The fourth-order valence-corrected chi connectivity index (χ4v) is 2.49. The number of nitrogens with zero attached hydrogens (tertiary/aromatic N) is 1. The van der Waals surface area contributed by atoms with Crippen LogP contribution >= 0.6 is 27.5 Å². The van der Waals surface area contributed by atoms with E-state index in [0.717, 1.165) is 10.0 Å². The average Bonchev–Trinajstić information content (AvgIpc) is 2.42. The molecule has 7 heteroatoms. The Kier molecular flexibility index (Phi) is 4.80. The van der Waals surface area contributed by atoms with Gasteiger partial charge in [0, 0.05) is 22.8 Å². The molecule has 0 spiro atoms. The number of hydrogen-bond donors (Lipinski definition) is 1. The van der Waals surface area contributed by atoms with Crippen LogP contribution in [0, 0.1) is 22.9 Å². The molecule has 0 unspecified atom stereocenters. The summed E-state index contributed by atoms with van der Waals surface area (Å²) < 4.78 is 14.0. The van der Waals surface area contributed by atoms with Crippen LogP contribution < -0.4 is 5.32 Å². The predicted molar refractivity (Wildman–Crippen MR) is 84.3 cm³/mol. The third-order valence-corrected chi connectivity index (χ3v) is 4.04. The van der Waals surface area contributed by atoms with Gasteiger partial charge in [0.15, 0.2) is 0 Å². The molecule has 1 N–H and O–H groups in total. The molecule has 0 amide bonds. The predicted octanol–water partition coefficient (Wildman–Crippen LogP) is 5.07. The molecule has 0 saturated heterocycles. The maximum absolute atomic E-state index is 13.2.